The smallest absolute Gasteiger partial charge is 0.124 e. The highest BCUT2D eigenvalue weighted by Gasteiger charge is 2.18. The summed E-state index contributed by atoms with van der Waals surface area (Å²) in [6.07, 6.45) is 1.73. The Morgan fingerprint density at radius 2 is 2.06 bits per heavy atom. The molecule has 0 spiro atoms. The van der Waals surface area contributed by atoms with E-state index < -0.39 is 0 Å². The minimum atomic E-state index is -0.0162. The first kappa shape index (κ1) is 12.4. The number of nitrogens with one attached hydrogen (secondary N) is 2. The summed E-state index contributed by atoms with van der Waals surface area (Å²) in [5.41, 5.74) is 1.98. The van der Waals surface area contributed by atoms with Crippen LogP contribution in [0.5, 0.6) is 11.5 Å². The van der Waals surface area contributed by atoms with Crippen molar-refractivity contribution in [2.45, 2.75) is 6.04 Å². The molecule has 0 bridgehead atoms. The molecule has 0 fully saturated rings. The molecule has 1 unspecified atom stereocenters. The van der Waals surface area contributed by atoms with Crippen molar-refractivity contribution in [2.75, 3.05) is 21.3 Å². The first-order valence-electron chi connectivity index (χ1n) is 5.68. The van der Waals surface area contributed by atoms with E-state index in [1.54, 1.807) is 20.4 Å². The zero-order chi connectivity index (χ0) is 13.0. The van der Waals surface area contributed by atoms with Crippen molar-refractivity contribution in [3.05, 3.63) is 41.7 Å². The van der Waals surface area contributed by atoms with Crippen LogP contribution in [-0.4, -0.2) is 31.5 Å². The Hall–Kier alpha value is -2.01. The molecule has 0 saturated heterocycles. The van der Waals surface area contributed by atoms with E-state index in [0.717, 1.165) is 22.8 Å². The van der Waals surface area contributed by atoms with Gasteiger partial charge < -0.3 is 14.8 Å². The molecule has 2 aromatic rings. The molecular formula is C13H17N3O2. The minimum absolute atomic E-state index is 0.0162. The van der Waals surface area contributed by atoms with Gasteiger partial charge in [0, 0.05) is 11.8 Å². The fourth-order valence-electron chi connectivity index (χ4n) is 1.97. The lowest BCUT2D eigenvalue weighted by molar-refractivity contribution is 0.394. The van der Waals surface area contributed by atoms with Crippen molar-refractivity contribution in [3.63, 3.8) is 0 Å². The maximum absolute atomic E-state index is 5.40. The predicted molar refractivity (Wildman–Crippen MR) is 69.0 cm³/mol. The standard InChI is InChI=1S/C13H17N3O2/c1-14-13(11-6-7-15-16-11)10-8-9(17-2)4-5-12(10)18-3/h4-8,13-14H,1-3H3,(H,15,16). The second-order valence-corrected chi connectivity index (χ2v) is 3.84. The SMILES string of the molecule is CNC(c1ccn[nH]1)c1cc(OC)ccc1OC. The maximum Gasteiger partial charge on any atom is 0.124 e. The number of benzene rings is 1. The molecule has 0 aliphatic heterocycles. The summed E-state index contributed by atoms with van der Waals surface area (Å²) in [7, 11) is 5.20. The lowest BCUT2D eigenvalue weighted by atomic mass is 10.0. The normalized spacial score (nSPS) is 12.2. The number of H-pyrrole nitrogens is 1. The van der Waals surface area contributed by atoms with Crippen LogP contribution in [0.15, 0.2) is 30.5 Å². The van der Waals surface area contributed by atoms with Gasteiger partial charge in [-0.15, -0.1) is 0 Å². The lowest BCUT2D eigenvalue weighted by Crippen LogP contribution is -2.19. The molecule has 2 rings (SSSR count). The van der Waals surface area contributed by atoms with E-state index in [1.165, 1.54) is 0 Å². The predicted octanol–water partition coefficient (Wildman–Crippen LogP) is 1.74. The summed E-state index contributed by atoms with van der Waals surface area (Å²) in [5, 5.41) is 10.2. The van der Waals surface area contributed by atoms with Crippen molar-refractivity contribution >= 4 is 0 Å². The quantitative estimate of drug-likeness (QED) is 0.845. The number of ether oxygens (including phenoxy) is 2. The number of methoxy groups -OCH3 is 2. The Kier molecular flexibility index (Phi) is 3.84. The molecule has 5 nitrogen and oxygen atoms in total. The molecule has 0 amide bonds. The highest BCUT2D eigenvalue weighted by atomic mass is 16.5. The number of hydrogen-bond acceptors (Lipinski definition) is 4. The van der Waals surface area contributed by atoms with E-state index in [-0.39, 0.29) is 6.04 Å². The summed E-state index contributed by atoms with van der Waals surface area (Å²) in [6.45, 7) is 0. The molecule has 0 radical (unpaired) electrons. The van der Waals surface area contributed by atoms with Crippen molar-refractivity contribution < 1.29 is 9.47 Å². The maximum atomic E-state index is 5.40. The van der Waals surface area contributed by atoms with Gasteiger partial charge in [-0.1, -0.05) is 0 Å². The average molecular weight is 247 g/mol. The first-order valence-corrected chi connectivity index (χ1v) is 5.68. The van der Waals surface area contributed by atoms with Gasteiger partial charge in [-0.3, -0.25) is 5.10 Å². The number of aromatic amines is 1. The molecule has 96 valence electrons. The largest absolute Gasteiger partial charge is 0.497 e. The number of hydrogen-bond donors (Lipinski definition) is 2. The van der Waals surface area contributed by atoms with Gasteiger partial charge in [0.2, 0.25) is 0 Å². The third-order valence-corrected chi connectivity index (χ3v) is 2.87. The Morgan fingerprint density at radius 3 is 2.61 bits per heavy atom. The summed E-state index contributed by atoms with van der Waals surface area (Å²) < 4.78 is 10.7. The topological polar surface area (TPSA) is 59.2 Å². The zero-order valence-electron chi connectivity index (χ0n) is 10.7. The second-order valence-electron chi connectivity index (χ2n) is 3.84. The van der Waals surface area contributed by atoms with E-state index in [2.05, 4.69) is 15.5 Å². The highest BCUT2D eigenvalue weighted by molar-refractivity contribution is 5.44. The van der Waals surface area contributed by atoms with Crippen LogP contribution in [0.1, 0.15) is 17.3 Å². The fourth-order valence-corrected chi connectivity index (χ4v) is 1.97. The molecule has 1 aromatic heterocycles. The monoisotopic (exact) mass is 247 g/mol. The molecule has 18 heavy (non-hydrogen) atoms. The molecule has 1 aromatic carbocycles. The van der Waals surface area contributed by atoms with E-state index in [9.17, 15) is 0 Å². The van der Waals surface area contributed by atoms with E-state index in [4.69, 9.17) is 9.47 Å². The number of aromatic nitrogens is 2. The fraction of sp³-hybridized carbons (Fsp3) is 0.308. The van der Waals surface area contributed by atoms with Gasteiger partial charge >= 0.3 is 0 Å². The second kappa shape index (κ2) is 5.55. The molecule has 0 aliphatic rings. The molecule has 5 heteroatoms. The Balaban J connectivity index is 2.46. The molecule has 1 atom stereocenters. The van der Waals surface area contributed by atoms with E-state index in [1.807, 2.05) is 31.3 Å². The van der Waals surface area contributed by atoms with Crippen LogP contribution >= 0.6 is 0 Å². The average Bonchev–Trinajstić information content (AvgIpc) is 2.93. The Labute approximate surface area is 106 Å². The third-order valence-electron chi connectivity index (χ3n) is 2.87. The molecule has 2 N–H and O–H groups in total. The first-order chi connectivity index (χ1) is 8.80. The van der Waals surface area contributed by atoms with Crippen LogP contribution in [0.3, 0.4) is 0 Å². The lowest BCUT2D eigenvalue weighted by Gasteiger charge is -2.18. The number of rotatable bonds is 5. The number of nitrogens with zero attached hydrogens (tertiary/aromatic N) is 1. The van der Waals surface area contributed by atoms with Gasteiger partial charge in [0.1, 0.15) is 11.5 Å². The van der Waals surface area contributed by atoms with Crippen LogP contribution in [-0.2, 0) is 0 Å². The van der Waals surface area contributed by atoms with Crippen molar-refractivity contribution in [1.29, 1.82) is 0 Å². The van der Waals surface area contributed by atoms with Crippen LogP contribution in [0.4, 0.5) is 0 Å². The third kappa shape index (κ3) is 2.31. The van der Waals surface area contributed by atoms with Crippen LogP contribution in [0, 0.1) is 0 Å². The molecular weight excluding hydrogens is 230 g/mol. The van der Waals surface area contributed by atoms with Gasteiger partial charge in [-0.25, -0.2) is 0 Å². The molecule has 0 aliphatic carbocycles. The summed E-state index contributed by atoms with van der Waals surface area (Å²) in [6, 6.07) is 7.65. The Bertz CT molecular complexity index is 497. The summed E-state index contributed by atoms with van der Waals surface area (Å²) in [4.78, 5) is 0. The highest BCUT2D eigenvalue weighted by Crippen LogP contribution is 2.32. The Morgan fingerprint density at radius 1 is 1.22 bits per heavy atom. The zero-order valence-corrected chi connectivity index (χ0v) is 10.7. The molecule has 1 heterocycles. The van der Waals surface area contributed by atoms with Gasteiger partial charge in [0.05, 0.1) is 26.0 Å². The van der Waals surface area contributed by atoms with Crippen molar-refractivity contribution in [1.82, 2.24) is 15.5 Å². The van der Waals surface area contributed by atoms with Crippen molar-refractivity contribution in [3.8, 4) is 11.5 Å². The van der Waals surface area contributed by atoms with Gasteiger partial charge in [-0.2, -0.15) is 5.10 Å². The minimum Gasteiger partial charge on any atom is -0.497 e. The van der Waals surface area contributed by atoms with Crippen LogP contribution < -0.4 is 14.8 Å². The van der Waals surface area contributed by atoms with Crippen molar-refractivity contribution in [2.24, 2.45) is 0 Å². The van der Waals surface area contributed by atoms with Gasteiger partial charge in [0.25, 0.3) is 0 Å². The van der Waals surface area contributed by atoms with Crippen LogP contribution in [0.2, 0.25) is 0 Å². The summed E-state index contributed by atoms with van der Waals surface area (Å²) in [5.74, 6) is 1.61. The van der Waals surface area contributed by atoms with Gasteiger partial charge in [-0.05, 0) is 31.3 Å². The summed E-state index contributed by atoms with van der Waals surface area (Å²) >= 11 is 0. The van der Waals surface area contributed by atoms with E-state index >= 15 is 0 Å². The van der Waals surface area contributed by atoms with Gasteiger partial charge in [0.15, 0.2) is 0 Å². The molecule has 0 saturated carbocycles. The van der Waals surface area contributed by atoms with Crippen LogP contribution in [0.25, 0.3) is 0 Å². The van der Waals surface area contributed by atoms with E-state index in [0.29, 0.717) is 0 Å².